The van der Waals surface area contributed by atoms with Gasteiger partial charge < -0.3 is 20.1 Å². The number of fused-ring (bicyclic) bond motifs is 3. The summed E-state index contributed by atoms with van der Waals surface area (Å²) in [7, 11) is 0. The number of benzene rings is 2. The molecule has 0 bridgehead atoms. The zero-order chi connectivity index (χ0) is 23.7. The van der Waals surface area contributed by atoms with Crippen molar-refractivity contribution in [3.8, 4) is 11.1 Å². The highest BCUT2D eigenvalue weighted by Gasteiger charge is 2.39. The highest BCUT2D eigenvalue weighted by molar-refractivity contribution is 5.86. The van der Waals surface area contributed by atoms with Crippen LogP contribution in [0.1, 0.15) is 55.6 Å². The Morgan fingerprint density at radius 2 is 1.62 bits per heavy atom. The predicted molar refractivity (Wildman–Crippen MR) is 126 cm³/mol. The molecule has 7 heteroatoms. The molecule has 0 aromatic heterocycles. The van der Waals surface area contributed by atoms with Crippen LogP contribution in [0.25, 0.3) is 11.1 Å². The molecule has 1 saturated carbocycles. The van der Waals surface area contributed by atoms with Crippen LogP contribution in [0.15, 0.2) is 48.5 Å². The Morgan fingerprint density at radius 3 is 2.29 bits per heavy atom. The molecule has 2 N–H and O–H groups in total. The molecular weight excluding hydrogens is 432 g/mol. The standard InChI is InChI=1S/C27H30N2O5/c30-25(29-14-6-13-24(29)26(31)32)17-7-5-8-18(15-17)28-27(33)34-16-23-21-11-3-1-9-19(21)20-10-2-4-12-22(20)23/h1-4,9-12,17-18,23-24H,5-8,13-16H2,(H,28,33)(H,31,32)/t17?,18?,24-/m1/s1. The summed E-state index contributed by atoms with van der Waals surface area (Å²) < 4.78 is 5.66. The van der Waals surface area contributed by atoms with Crippen LogP contribution in [-0.2, 0) is 14.3 Å². The summed E-state index contributed by atoms with van der Waals surface area (Å²) in [6.45, 7) is 0.750. The molecule has 34 heavy (non-hydrogen) atoms. The van der Waals surface area contributed by atoms with Crippen LogP contribution in [0.4, 0.5) is 4.79 Å². The lowest BCUT2D eigenvalue weighted by molar-refractivity contribution is -0.150. The van der Waals surface area contributed by atoms with Gasteiger partial charge in [-0.1, -0.05) is 55.0 Å². The first kappa shape index (κ1) is 22.4. The van der Waals surface area contributed by atoms with E-state index in [1.54, 1.807) is 0 Å². The first-order chi connectivity index (χ1) is 16.5. The molecule has 1 saturated heterocycles. The second-order valence-electron chi connectivity index (χ2n) is 9.56. The van der Waals surface area contributed by atoms with Crippen LogP contribution in [0.2, 0.25) is 0 Å². The Morgan fingerprint density at radius 1 is 0.941 bits per heavy atom. The van der Waals surface area contributed by atoms with E-state index in [1.807, 2.05) is 24.3 Å². The third-order valence-electron chi connectivity index (χ3n) is 7.51. The summed E-state index contributed by atoms with van der Waals surface area (Å²) in [5.74, 6) is -1.28. The lowest BCUT2D eigenvalue weighted by Gasteiger charge is -2.32. The summed E-state index contributed by atoms with van der Waals surface area (Å²) in [4.78, 5) is 38.7. The first-order valence-electron chi connectivity index (χ1n) is 12.2. The quantitative estimate of drug-likeness (QED) is 0.696. The number of likely N-dealkylation sites (tertiary alicyclic amines) is 1. The lowest BCUT2D eigenvalue weighted by Crippen LogP contribution is -2.47. The van der Waals surface area contributed by atoms with Crippen LogP contribution in [0.5, 0.6) is 0 Å². The van der Waals surface area contributed by atoms with Gasteiger partial charge in [-0.2, -0.15) is 0 Å². The second kappa shape index (κ2) is 9.49. The lowest BCUT2D eigenvalue weighted by atomic mass is 9.84. The van der Waals surface area contributed by atoms with E-state index in [0.717, 1.165) is 25.7 Å². The van der Waals surface area contributed by atoms with E-state index in [0.29, 0.717) is 19.4 Å². The zero-order valence-electron chi connectivity index (χ0n) is 19.1. The van der Waals surface area contributed by atoms with Crippen molar-refractivity contribution in [2.45, 2.75) is 56.5 Å². The van der Waals surface area contributed by atoms with Crippen LogP contribution in [0, 0.1) is 5.92 Å². The fourth-order valence-electron chi connectivity index (χ4n) is 5.87. The van der Waals surface area contributed by atoms with Crippen molar-refractivity contribution in [2.24, 2.45) is 5.92 Å². The zero-order valence-corrected chi connectivity index (χ0v) is 19.1. The minimum atomic E-state index is -0.935. The van der Waals surface area contributed by atoms with Crippen molar-refractivity contribution in [1.29, 1.82) is 0 Å². The second-order valence-corrected chi connectivity index (χ2v) is 9.56. The van der Waals surface area contributed by atoms with Crippen molar-refractivity contribution in [1.82, 2.24) is 10.2 Å². The molecular formula is C27H30N2O5. The maximum atomic E-state index is 13.0. The molecule has 178 valence electrons. The van der Waals surface area contributed by atoms with Gasteiger partial charge in [-0.25, -0.2) is 9.59 Å². The minimum absolute atomic E-state index is 0.00181. The SMILES string of the molecule is O=C(NC1CCCC(C(=O)N2CCC[C@@H]2C(=O)O)C1)OCC1c2ccccc2-c2ccccc21. The number of aliphatic carboxylic acids is 1. The van der Waals surface area contributed by atoms with Crippen molar-refractivity contribution in [3.63, 3.8) is 0 Å². The average molecular weight is 463 g/mol. The fraction of sp³-hybridized carbons (Fsp3) is 0.444. The Kier molecular flexibility index (Phi) is 6.26. The van der Waals surface area contributed by atoms with E-state index in [2.05, 4.69) is 29.6 Å². The van der Waals surface area contributed by atoms with Crippen molar-refractivity contribution in [3.05, 3.63) is 59.7 Å². The van der Waals surface area contributed by atoms with E-state index < -0.39 is 18.1 Å². The van der Waals surface area contributed by atoms with E-state index in [9.17, 15) is 19.5 Å². The number of carboxylic acids is 1. The Balaban J connectivity index is 1.18. The number of ether oxygens (including phenoxy) is 1. The van der Waals surface area contributed by atoms with Crippen LogP contribution >= 0.6 is 0 Å². The maximum Gasteiger partial charge on any atom is 0.407 e. The Bertz CT molecular complexity index is 1050. The third-order valence-corrected chi connectivity index (χ3v) is 7.51. The molecule has 3 atom stereocenters. The monoisotopic (exact) mass is 462 g/mol. The molecule has 5 rings (SSSR count). The fourth-order valence-corrected chi connectivity index (χ4v) is 5.87. The van der Waals surface area contributed by atoms with Gasteiger partial charge in [-0.05, 0) is 54.4 Å². The maximum absolute atomic E-state index is 13.0. The third kappa shape index (κ3) is 4.27. The minimum Gasteiger partial charge on any atom is -0.480 e. The molecule has 2 fully saturated rings. The number of nitrogens with zero attached hydrogens (tertiary/aromatic N) is 1. The smallest absolute Gasteiger partial charge is 0.407 e. The van der Waals surface area contributed by atoms with Crippen molar-refractivity contribution < 1.29 is 24.2 Å². The molecule has 2 aromatic rings. The number of carboxylic acid groups (broad SMARTS) is 1. The molecule has 2 unspecified atom stereocenters. The van der Waals surface area contributed by atoms with E-state index in [1.165, 1.54) is 27.2 Å². The summed E-state index contributed by atoms with van der Waals surface area (Å²) in [6, 6.07) is 15.6. The van der Waals surface area contributed by atoms with E-state index in [-0.39, 0.29) is 30.4 Å². The van der Waals surface area contributed by atoms with Crippen molar-refractivity contribution in [2.75, 3.05) is 13.2 Å². The predicted octanol–water partition coefficient (Wildman–Crippen LogP) is 4.16. The highest BCUT2D eigenvalue weighted by atomic mass is 16.5. The molecule has 1 aliphatic heterocycles. The number of hydrogen-bond donors (Lipinski definition) is 2. The Hall–Kier alpha value is -3.35. The van der Waals surface area contributed by atoms with Gasteiger partial charge in [0, 0.05) is 24.4 Å². The number of amides is 2. The molecule has 1 heterocycles. The van der Waals surface area contributed by atoms with E-state index in [4.69, 9.17) is 4.74 Å². The topological polar surface area (TPSA) is 95.9 Å². The van der Waals surface area contributed by atoms with Crippen LogP contribution in [0.3, 0.4) is 0 Å². The number of rotatable bonds is 5. The molecule has 3 aliphatic rings. The van der Waals surface area contributed by atoms with Gasteiger partial charge in [0.05, 0.1) is 0 Å². The number of hydrogen-bond acceptors (Lipinski definition) is 4. The molecule has 7 nitrogen and oxygen atoms in total. The molecule has 2 amide bonds. The molecule has 0 spiro atoms. The number of nitrogens with one attached hydrogen (secondary N) is 1. The van der Waals surface area contributed by atoms with Crippen molar-refractivity contribution >= 4 is 18.0 Å². The van der Waals surface area contributed by atoms with Gasteiger partial charge >= 0.3 is 12.1 Å². The Labute approximate surface area is 199 Å². The van der Waals surface area contributed by atoms with Gasteiger partial charge in [-0.3, -0.25) is 4.79 Å². The summed E-state index contributed by atoms with van der Waals surface area (Å²) >= 11 is 0. The number of carbonyl (C=O) groups is 3. The molecule has 2 aromatic carbocycles. The van der Waals surface area contributed by atoms with Gasteiger partial charge in [0.2, 0.25) is 5.91 Å². The van der Waals surface area contributed by atoms with E-state index >= 15 is 0 Å². The van der Waals surface area contributed by atoms with Gasteiger partial charge in [0.1, 0.15) is 12.6 Å². The summed E-state index contributed by atoms with van der Waals surface area (Å²) in [6.07, 6.45) is 3.61. The largest absolute Gasteiger partial charge is 0.480 e. The van der Waals surface area contributed by atoms with Gasteiger partial charge in [0.25, 0.3) is 0 Å². The molecule has 0 radical (unpaired) electrons. The molecule has 2 aliphatic carbocycles. The highest BCUT2D eigenvalue weighted by Crippen LogP contribution is 2.44. The summed E-state index contributed by atoms with van der Waals surface area (Å²) in [5, 5.41) is 12.4. The summed E-state index contributed by atoms with van der Waals surface area (Å²) in [5.41, 5.74) is 4.70. The van der Waals surface area contributed by atoms with Crippen LogP contribution in [-0.4, -0.2) is 53.2 Å². The normalized spacial score (nSPS) is 23.8. The number of alkyl carbamates (subject to hydrolysis) is 1. The first-order valence-corrected chi connectivity index (χ1v) is 12.2. The average Bonchev–Trinajstić information content (AvgIpc) is 3.46. The van der Waals surface area contributed by atoms with Crippen LogP contribution < -0.4 is 5.32 Å². The number of carbonyl (C=O) groups excluding carboxylic acids is 2. The van der Waals surface area contributed by atoms with Gasteiger partial charge in [0.15, 0.2) is 0 Å². The van der Waals surface area contributed by atoms with Gasteiger partial charge in [-0.15, -0.1) is 0 Å².